The molecule has 2 aromatic carbocycles. The highest BCUT2D eigenvalue weighted by Crippen LogP contribution is 2.41. The van der Waals surface area contributed by atoms with E-state index in [-0.39, 0.29) is 0 Å². The van der Waals surface area contributed by atoms with E-state index in [1.807, 2.05) is 58.0 Å². The van der Waals surface area contributed by atoms with E-state index in [9.17, 15) is 9.90 Å². The Hall–Kier alpha value is -2.80. The molecule has 0 aliphatic heterocycles. The number of aromatic nitrogens is 2. The lowest BCUT2D eigenvalue weighted by atomic mass is 9.88. The number of thiazole rings is 1. The zero-order valence-corrected chi connectivity index (χ0v) is 19.8. The fourth-order valence-corrected chi connectivity index (χ4v) is 4.47. The van der Waals surface area contributed by atoms with E-state index >= 15 is 0 Å². The SMILES string of the molecule is Cc1cc2nc(-c3cncs3)ccc2c(-c2ccc(Cl)cc2)c1C(OC(C)(C)C)C(=O)O. The van der Waals surface area contributed by atoms with Crippen molar-refractivity contribution in [3.8, 4) is 21.7 Å². The molecule has 1 atom stereocenters. The smallest absolute Gasteiger partial charge is 0.337 e. The Labute approximate surface area is 195 Å². The number of hydrogen-bond donors (Lipinski definition) is 1. The number of benzene rings is 2. The van der Waals surface area contributed by atoms with Gasteiger partial charge in [0.1, 0.15) is 0 Å². The van der Waals surface area contributed by atoms with Crippen LogP contribution >= 0.6 is 22.9 Å². The molecule has 0 radical (unpaired) electrons. The first-order valence-corrected chi connectivity index (χ1v) is 11.4. The summed E-state index contributed by atoms with van der Waals surface area (Å²) >= 11 is 7.65. The van der Waals surface area contributed by atoms with Gasteiger partial charge in [-0.15, -0.1) is 11.3 Å². The molecule has 4 rings (SSSR count). The van der Waals surface area contributed by atoms with Crippen LogP contribution in [0.1, 0.15) is 38.0 Å². The molecular weight excluding hydrogens is 444 g/mol. The molecule has 1 unspecified atom stereocenters. The predicted octanol–water partition coefficient (Wildman–Crippen LogP) is 6.93. The molecule has 0 fully saturated rings. The molecule has 0 saturated carbocycles. The van der Waals surface area contributed by atoms with Crippen molar-refractivity contribution in [2.24, 2.45) is 0 Å². The fraction of sp³-hybridized carbons (Fsp3) is 0.240. The second kappa shape index (κ2) is 8.62. The van der Waals surface area contributed by atoms with Crippen LogP contribution in [0.15, 0.2) is 54.2 Å². The topological polar surface area (TPSA) is 72.3 Å². The van der Waals surface area contributed by atoms with Gasteiger partial charge in [0.05, 0.1) is 27.2 Å². The maximum atomic E-state index is 12.3. The van der Waals surface area contributed by atoms with Crippen LogP contribution in [0, 0.1) is 6.92 Å². The number of rotatable bonds is 5. The second-order valence-electron chi connectivity index (χ2n) is 8.57. The lowest BCUT2D eigenvalue weighted by molar-refractivity contribution is -0.160. The van der Waals surface area contributed by atoms with Crippen LogP contribution in [0.3, 0.4) is 0 Å². The molecule has 5 nitrogen and oxygen atoms in total. The quantitative estimate of drug-likeness (QED) is 0.345. The van der Waals surface area contributed by atoms with Crippen LogP contribution in [0.25, 0.3) is 32.6 Å². The summed E-state index contributed by atoms with van der Waals surface area (Å²) in [4.78, 5) is 22.3. The minimum atomic E-state index is -1.13. The van der Waals surface area contributed by atoms with E-state index in [4.69, 9.17) is 21.3 Å². The summed E-state index contributed by atoms with van der Waals surface area (Å²) in [6, 6.07) is 13.2. The van der Waals surface area contributed by atoms with Gasteiger partial charge in [-0.1, -0.05) is 23.7 Å². The van der Waals surface area contributed by atoms with E-state index in [0.29, 0.717) is 10.6 Å². The summed E-state index contributed by atoms with van der Waals surface area (Å²) in [5, 5.41) is 11.6. The van der Waals surface area contributed by atoms with Crippen molar-refractivity contribution in [2.45, 2.75) is 39.4 Å². The molecule has 0 saturated heterocycles. The monoisotopic (exact) mass is 466 g/mol. The molecule has 0 spiro atoms. The van der Waals surface area contributed by atoms with E-state index in [1.165, 1.54) is 11.3 Å². The molecule has 2 aromatic heterocycles. The molecule has 0 bridgehead atoms. The number of nitrogens with zero attached hydrogens (tertiary/aromatic N) is 2. The van der Waals surface area contributed by atoms with E-state index in [1.54, 1.807) is 23.8 Å². The number of carboxylic acids is 1. The Morgan fingerprint density at radius 2 is 1.88 bits per heavy atom. The Kier molecular flexibility index (Phi) is 6.03. The van der Waals surface area contributed by atoms with Gasteiger partial charge < -0.3 is 9.84 Å². The van der Waals surface area contributed by atoms with Gasteiger partial charge in [0.25, 0.3) is 0 Å². The van der Waals surface area contributed by atoms with E-state index < -0.39 is 17.7 Å². The van der Waals surface area contributed by atoms with Crippen LogP contribution in [-0.4, -0.2) is 26.6 Å². The van der Waals surface area contributed by atoms with Crippen LogP contribution in [-0.2, 0) is 9.53 Å². The Bertz CT molecular complexity index is 1280. The first-order valence-electron chi connectivity index (χ1n) is 10.1. The molecule has 7 heteroatoms. The maximum absolute atomic E-state index is 12.3. The summed E-state index contributed by atoms with van der Waals surface area (Å²) in [5.74, 6) is -1.04. The van der Waals surface area contributed by atoms with Crippen molar-refractivity contribution in [3.63, 3.8) is 0 Å². The number of carboxylic acid groups (broad SMARTS) is 1. The first kappa shape index (κ1) is 22.4. The summed E-state index contributed by atoms with van der Waals surface area (Å²) in [7, 11) is 0. The Morgan fingerprint density at radius 1 is 1.16 bits per heavy atom. The predicted molar refractivity (Wildman–Crippen MR) is 129 cm³/mol. The number of pyridine rings is 1. The van der Waals surface area contributed by atoms with Gasteiger partial charge in [0.2, 0.25) is 0 Å². The Morgan fingerprint density at radius 3 is 2.47 bits per heavy atom. The normalized spacial score (nSPS) is 12.8. The van der Waals surface area contributed by atoms with Crippen molar-refractivity contribution in [2.75, 3.05) is 0 Å². The second-order valence-corrected chi connectivity index (χ2v) is 9.89. The van der Waals surface area contributed by atoms with Gasteiger partial charge in [-0.05, 0) is 74.7 Å². The number of ether oxygens (including phenoxy) is 1. The highest BCUT2D eigenvalue weighted by molar-refractivity contribution is 7.13. The number of aryl methyl sites for hydroxylation is 1. The van der Waals surface area contributed by atoms with Gasteiger partial charge in [-0.2, -0.15) is 0 Å². The van der Waals surface area contributed by atoms with Gasteiger partial charge in [0, 0.05) is 22.2 Å². The van der Waals surface area contributed by atoms with Crippen molar-refractivity contribution < 1.29 is 14.6 Å². The van der Waals surface area contributed by atoms with Crippen LogP contribution in [0.4, 0.5) is 0 Å². The zero-order chi connectivity index (χ0) is 23.0. The standard InChI is InChI=1S/C25H23ClN2O3S/c1-14-11-19-17(9-10-18(28-19)20-12-27-13-32-20)22(15-5-7-16(26)8-6-15)21(14)23(24(29)30)31-25(2,3)4/h5-13,23H,1-4H3,(H,29,30). The van der Waals surface area contributed by atoms with Crippen molar-refractivity contribution >= 4 is 39.8 Å². The van der Waals surface area contributed by atoms with Gasteiger partial charge in [-0.3, -0.25) is 4.98 Å². The third-order valence-electron chi connectivity index (χ3n) is 5.02. The average molecular weight is 467 g/mol. The van der Waals surface area contributed by atoms with E-state index in [0.717, 1.165) is 38.2 Å². The first-order chi connectivity index (χ1) is 15.1. The third-order valence-corrected chi connectivity index (χ3v) is 6.06. The summed E-state index contributed by atoms with van der Waals surface area (Å²) in [5.41, 5.74) is 5.80. The molecule has 1 N–H and O–H groups in total. The molecule has 0 amide bonds. The minimum absolute atomic E-state index is 0.610. The number of fused-ring (bicyclic) bond motifs is 1. The van der Waals surface area contributed by atoms with Crippen molar-refractivity contribution in [1.82, 2.24) is 9.97 Å². The third kappa shape index (κ3) is 4.53. The van der Waals surface area contributed by atoms with Gasteiger partial charge in [0.15, 0.2) is 6.10 Å². The molecule has 164 valence electrons. The maximum Gasteiger partial charge on any atom is 0.337 e. The van der Waals surface area contributed by atoms with Gasteiger partial charge in [-0.25, -0.2) is 9.78 Å². The molecule has 0 aliphatic carbocycles. The largest absolute Gasteiger partial charge is 0.479 e. The number of aliphatic carboxylic acids is 1. The lowest BCUT2D eigenvalue weighted by Gasteiger charge is -2.28. The molecular formula is C25H23ClN2O3S. The zero-order valence-electron chi connectivity index (χ0n) is 18.2. The number of hydrogen-bond acceptors (Lipinski definition) is 5. The highest BCUT2D eigenvalue weighted by Gasteiger charge is 2.31. The molecule has 0 aliphatic rings. The fourth-order valence-electron chi connectivity index (χ4n) is 3.75. The summed E-state index contributed by atoms with van der Waals surface area (Å²) in [6.07, 6.45) is 0.656. The van der Waals surface area contributed by atoms with Crippen molar-refractivity contribution in [3.05, 3.63) is 70.3 Å². The summed E-state index contributed by atoms with van der Waals surface area (Å²) < 4.78 is 6.03. The lowest BCUT2D eigenvalue weighted by Crippen LogP contribution is -2.28. The molecule has 4 aromatic rings. The summed E-state index contributed by atoms with van der Waals surface area (Å²) in [6.45, 7) is 7.45. The average Bonchev–Trinajstić information content (AvgIpc) is 3.26. The number of carbonyl (C=O) groups is 1. The van der Waals surface area contributed by atoms with Crippen molar-refractivity contribution in [1.29, 1.82) is 0 Å². The van der Waals surface area contributed by atoms with Gasteiger partial charge >= 0.3 is 5.97 Å². The van der Waals surface area contributed by atoms with Crippen LogP contribution < -0.4 is 0 Å². The van der Waals surface area contributed by atoms with E-state index in [2.05, 4.69) is 4.98 Å². The Balaban J connectivity index is 2.03. The van der Waals surface area contributed by atoms with Crippen LogP contribution in [0.5, 0.6) is 0 Å². The van der Waals surface area contributed by atoms with Crippen LogP contribution in [0.2, 0.25) is 5.02 Å². The molecule has 32 heavy (non-hydrogen) atoms. The molecule has 2 heterocycles. The minimum Gasteiger partial charge on any atom is -0.479 e. The number of halogens is 1. The highest BCUT2D eigenvalue weighted by atomic mass is 35.5.